The molecule has 0 fully saturated rings. The summed E-state index contributed by atoms with van der Waals surface area (Å²) in [5.74, 6) is 0. The zero-order valence-electron chi connectivity index (χ0n) is 33.0. The minimum atomic E-state index is 1.23. The molecule has 0 N–H and O–H groups in total. The molecule has 14 rings (SSSR count). The zero-order valence-corrected chi connectivity index (χ0v) is 33.9. The number of hydrogen-bond acceptors (Lipinski definition) is 1. The van der Waals surface area contributed by atoms with Gasteiger partial charge in [0.05, 0.1) is 0 Å². The van der Waals surface area contributed by atoms with Crippen molar-refractivity contribution in [2.24, 2.45) is 0 Å². The molecule has 1 heteroatoms. The minimum Gasteiger partial charge on any atom is -0.135 e. The maximum atomic E-state index is 2.43. The van der Waals surface area contributed by atoms with Crippen molar-refractivity contribution in [3.8, 4) is 44.5 Å². The van der Waals surface area contributed by atoms with Gasteiger partial charge in [0.15, 0.2) is 0 Å². The second-order valence-electron chi connectivity index (χ2n) is 16.8. The molecule has 0 aliphatic carbocycles. The van der Waals surface area contributed by atoms with Crippen LogP contribution in [0.15, 0.2) is 206 Å². The van der Waals surface area contributed by atoms with Crippen LogP contribution in [0.4, 0.5) is 0 Å². The molecule has 1 heterocycles. The van der Waals surface area contributed by atoms with Crippen LogP contribution >= 0.6 is 11.3 Å². The van der Waals surface area contributed by atoms with E-state index in [4.69, 9.17) is 0 Å². The molecule has 0 saturated carbocycles. The number of fused-ring (bicyclic) bond motifs is 4. The van der Waals surface area contributed by atoms with E-state index in [1.165, 1.54) is 140 Å². The SMILES string of the molecule is c1ccc2cc(-c3ccc4ccc5c(-c6ccc7sc8ccc(-c9ccc(-c%10ccc%11ccc%12cccc%13ccc%10c%11c%12%13)cc9)cc8c7c6)ccc6ccc3c4c65)ccc2c1. The lowest BCUT2D eigenvalue weighted by Gasteiger charge is -2.17. The van der Waals surface area contributed by atoms with Crippen LogP contribution in [0.25, 0.3) is 140 Å². The fourth-order valence-electron chi connectivity index (χ4n) is 10.6. The van der Waals surface area contributed by atoms with Gasteiger partial charge in [-0.1, -0.05) is 176 Å². The lowest BCUT2D eigenvalue weighted by Crippen LogP contribution is -1.89. The highest BCUT2D eigenvalue weighted by Gasteiger charge is 2.17. The Morgan fingerprint density at radius 1 is 0.213 bits per heavy atom. The van der Waals surface area contributed by atoms with E-state index in [1.807, 2.05) is 11.3 Å². The van der Waals surface area contributed by atoms with Crippen molar-refractivity contribution >= 4 is 107 Å². The number of hydrogen-bond donors (Lipinski definition) is 0. The molecule has 14 aromatic rings. The van der Waals surface area contributed by atoms with Crippen molar-refractivity contribution in [3.63, 3.8) is 0 Å². The Kier molecular flexibility index (Phi) is 6.80. The Morgan fingerprint density at radius 3 is 1.23 bits per heavy atom. The van der Waals surface area contributed by atoms with Crippen molar-refractivity contribution in [2.45, 2.75) is 0 Å². The van der Waals surface area contributed by atoms with Gasteiger partial charge in [0.25, 0.3) is 0 Å². The molecule has 1 aromatic heterocycles. The van der Waals surface area contributed by atoms with Gasteiger partial charge in [0.1, 0.15) is 0 Å². The van der Waals surface area contributed by atoms with E-state index in [2.05, 4.69) is 206 Å². The van der Waals surface area contributed by atoms with Gasteiger partial charge < -0.3 is 0 Å². The first-order chi connectivity index (χ1) is 30.2. The van der Waals surface area contributed by atoms with E-state index >= 15 is 0 Å². The second kappa shape index (κ2) is 12.5. The predicted molar refractivity (Wildman–Crippen MR) is 266 cm³/mol. The Bertz CT molecular complexity index is 4080. The van der Waals surface area contributed by atoms with Crippen LogP contribution in [0.5, 0.6) is 0 Å². The molecular formula is C60H34S. The summed E-state index contributed by atoms with van der Waals surface area (Å²) in [5, 5.41) is 21.0. The maximum Gasteiger partial charge on any atom is 0.0355 e. The van der Waals surface area contributed by atoms with Crippen LogP contribution in [0.3, 0.4) is 0 Å². The van der Waals surface area contributed by atoms with Crippen molar-refractivity contribution in [2.75, 3.05) is 0 Å². The molecule has 0 spiro atoms. The van der Waals surface area contributed by atoms with Gasteiger partial charge in [-0.3, -0.25) is 0 Å². The molecule has 0 nitrogen and oxygen atoms in total. The summed E-state index contributed by atoms with van der Waals surface area (Å²) in [6.07, 6.45) is 0. The molecule has 0 aliphatic heterocycles. The van der Waals surface area contributed by atoms with Crippen molar-refractivity contribution < 1.29 is 0 Å². The van der Waals surface area contributed by atoms with E-state index < -0.39 is 0 Å². The van der Waals surface area contributed by atoms with Gasteiger partial charge in [-0.05, 0) is 150 Å². The Balaban J connectivity index is 0.863. The summed E-state index contributed by atoms with van der Waals surface area (Å²) in [6, 6.07) is 77.6. The monoisotopic (exact) mass is 786 g/mol. The molecule has 13 aromatic carbocycles. The Morgan fingerprint density at radius 2 is 0.607 bits per heavy atom. The first-order valence-electron chi connectivity index (χ1n) is 21.1. The molecule has 0 bridgehead atoms. The van der Waals surface area contributed by atoms with Gasteiger partial charge in [0, 0.05) is 20.2 Å². The average molecular weight is 787 g/mol. The summed E-state index contributed by atoms with van der Waals surface area (Å²) in [4.78, 5) is 0. The molecule has 0 amide bonds. The second-order valence-corrected chi connectivity index (χ2v) is 17.9. The average Bonchev–Trinajstić information content (AvgIpc) is 3.69. The molecule has 0 aliphatic rings. The lowest BCUT2D eigenvalue weighted by atomic mass is 9.87. The van der Waals surface area contributed by atoms with Gasteiger partial charge in [-0.2, -0.15) is 0 Å². The van der Waals surface area contributed by atoms with Crippen LogP contribution in [0, 0.1) is 0 Å². The highest BCUT2D eigenvalue weighted by molar-refractivity contribution is 7.25. The highest BCUT2D eigenvalue weighted by Crippen LogP contribution is 2.45. The lowest BCUT2D eigenvalue weighted by molar-refractivity contribution is 1.63. The van der Waals surface area contributed by atoms with E-state index in [9.17, 15) is 0 Å². The van der Waals surface area contributed by atoms with Crippen LogP contribution in [-0.4, -0.2) is 0 Å². The van der Waals surface area contributed by atoms with Crippen LogP contribution < -0.4 is 0 Å². The quantitative estimate of drug-likeness (QED) is 0.156. The topological polar surface area (TPSA) is 0 Å². The molecule has 0 radical (unpaired) electrons. The summed E-state index contributed by atoms with van der Waals surface area (Å²) < 4.78 is 2.63. The highest BCUT2D eigenvalue weighted by atomic mass is 32.1. The fraction of sp³-hybridized carbons (Fsp3) is 0. The summed E-state index contributed by atoms with van der Waals surface area (Å²) in [7, 11) is 0. The standard InChI is InChI=1S/C60H34S/c1-2-5-43-32-45(15-10-35(43)4-1)48-25-17-41-21-29-52-49(26-18-42-20-28-51(48)59(41)60(42)52)46-23-31-56-54(34-46)53-33-44(22-30-55(53)61-56)36-8-11-37(12-9-36)47-24-16-40-14-13-38-6-3-7-39-19-27-50(47)58(40)57(38)39/h1-34H. The third-order valence-corrected chi connectivity index (χ3v) is 14.7. The van der Waals surface area contributed by atoms with Gasteiger partial charge >= 0.3 is 0 Å². The van der Waals surface area contributed by atoms with Crippen LogP contribution in [0.1, 0.15) is 0 Å². The van der Waals surface area contributed by atoms with E-state index in [-0.39, 0.29) is 0 Å². The molecule has 0 unspecified atom stereocenters. The molecular weight excluding hydrogens is 753 g/mol. The first-order valence-corrected chi connectivity index (χ1v) is 22.0. The third kappa shape index (κ3) is 4.87. The number of benzene rings is 13. The van der Waals surface area contributed by atoms with Crippen molar-refractivity contribution in [3.05, 3.63) is 206 Å². The molecule has 0 atom stereocenters. The normalized spacial score (nSPS) is 12.3. The molecule has 280 valence electrons. The number of rotatable bonds is 4. The van der Waals surface area contributed by atoms with Crippen molar-refractivity contribution in [1.29, 1.82) is 0 Å². The predicted octanol–water partition coefficient (Wildman–Crippen LogP) is 17.7. The van der Waals surface area contributed by atoms with Gasteiger partial charge in [-0.25, -0.2) is 0 Å². The Labute approximate surface area is 355 Å². The third-order valence-electron chi connectivity index (χ3n) is 13.6. The summed E-state index contributed by atoms with van der Waals surface area (Å²) in [6.45, 7) is 0. The van der Waals surface area contributed by atoms with Crippen molar-refractivity contribution in [1.82, 2.24) is 0 Å². The molecule has 61 heavy (non-hydrogen) atoms. The maximum absolute atomic E-state index is 2.43. The van der Waals surface area contributed by atoms with E-state index in [0.717, 1.165) is 0 Å². The zero-order chi connectivity index (χ0) is 39.8. The van der Waals surface area contributed by atoms with E-state index in [0.29, 0.717) is 0 Å². The van der Waals surface area contributed by atoms with Gasteiger partial charge in [-0.15, -0.1) is 11.3 Å². The molecule has 0 saturated heterocycles. The fourth-order valence-corrected chi connectivity index (χ4v) is 11.7. The Hall–Kier alpha value is -7.58. The number of thiophene rings is 1. The van der Waals surface area contributed by atoms with E-state index in [1.54, 1.807) is 0 Å². The van der Waals surface area contributed by atoms with Crippen LogP contribution in [-0.2, 0) is 0 Å². The smallest absolute Gasteiger partial charge is 0.0355 e. The summed E-state index contributed by atoms with van der Waals surface area (Å²) >= 11 is 1.88. The minimum absolute atomic E-state index is 1.23. The first kappa shape index (κ1) is 33.3. The van der Waals surface area contributed by atoms with Crippen LogP contribution in [0.2, 0.25) is 0 Å². The largest absolute Gasteiger partial charge is 0.135 e. The summed E-state index contributed by atoms with van der Waals surface area (Å²) in [5.41, 5.74) is 10.1. The van der Waals surface area contributed by atoms with Gasteiger partial charge in [0.2, 0.25) is 0 Å².